The van der Waals surface area contributed by atoms with Crippen molar-refractivity contribution < 1.29 is 9.59 Å². The molecule has 0 radical (unpaired) electrons. The van der Waals surface area contributed by atoms with Gasteiger partial charge in [0, 0.05) is 23.7 Å². The summed E-state index contributed by atoms with van der Waals surface area (Å²) in [7, 11) is 0. The summed E-state index contributed by atoms with van der Waals surface area (Å²) in [5.41, 5.74) is 6.76. The first-order valence-corrected chi connectivity index (χ1v) is 6.60. The van der Waals surface area contributed by atoms with Gasteiger partial charge in [0.05, 0.1) is 0 Å². The predicted molar refractivity (Wildman–Crippen MR) is 74.7 cm³/mol. The number of benzene rings is 1. The Hall–Kier alpha value is -1.88. The van der Waals surface area contributed by atoms with E-state index in [9.17, 15) is 9.59 Å². The van der Waals surface area contributed by atoms with Crippen LogP contribution in [-0.4, -0.2) is 18.4 Å². The Morgan fingerprint density at radius 3 is 2.53 bits per heavy atom. The van der Waals surface area contributed by atoms with E-state index in [1.54, 1.807) is 18.2 Å². The number of rotatable bonds is 6. The second kappa shape index (κ2) is 6.33. The fraction of sp³-hybridized carbons (Fsp3) is 0.429. The lowest BCUT2D eigenvalue weighted by Crippen LogP contribution is -2.15. The van der Waals surface area contributed by atoms with E-state index in [4.69, 9.17) is 5.73 Å². The molecule has 102 valence electrons. The normalized spacial score (nSPS) is 13.9. The molecule has 0 saturated heterocycles. The maximum absolute atomic E-state index is 11.6. The summed E-state index contributed by atoms with van der Waals surface area (Å²) in [4.78, 5) is 23.2. The van der Waals surface area contributed by atoms with Crippen molar-refractivity contribution in [3.05, 3.63) is 24.3 Å². The maximum atomic E-state index is 11.6. The molecular weight excluding hydrogens is 242 g/mol. The van der Waals surface area contributed by atoms with Crippen molar-refractivity contribution in [1.82, 2.24) is 0 Å². The first-order chi connectivity index (χ1) is 9.19. The van der Waals surface area contributed by atoms with Crippen molar-refractivity contribution in [2.24, 2.45) is 11.7 Å². The molecule has 4 N–H and O–H groups in total. The molecule has 0 bridgehead atoms. The Kier molecular flexibility index (Phi) is 4.52. The third-order valence-electron chi connectivity index (χ3n) is 2.97. The zero-order valence-electron chi connectivity index (χ0n) is 10.8. The number of carbonyl (C=O) groups is 2. The molecule has 1 saturated carbocycles. The van der Waals surface area contributed by atoms with Crippen LogP contribution in [0, 0.1) is 5.92 Å². The second-order valence-corrected chi connectivity index (χ2v) is 4.78. The van der Waals surface area contributed by atoms with Crippen LogP contribution in [0.4, 0.5) is 11.4 Å². The molecule has 5 heteroatoms. The van der Waals surface area contributed by atoms with E-state index in [1.165, 1.54) is 0 Å². The van der Waals surface area contributed by atoms with E-state index in [-0.39, 0.29) is 17.7 Å². The number of anilines is 2. The first kappa shape index (κ1) is 13.5. The summed E-state index contributed by atoms with van der Waals surface area (Å²) in [5.74, 6) is 0.172. The van der Waals surface area contributed by atoms with Crippen molar-refractivity contribution in [3.63, 3.8) is 0 Å². The minimum atomic E-state index is -0.0591. The van der Waals surface area contributed by atoms with E-state index < -0.39 is 0 Å². The lowest BCUT2D eigenvalue weighted by Gasteiger charge is -2.08. The third kappa shape index (κ3) is 4.37. The second-order valence-electron chi connectivity index (χ2n) is 4.78. The zero-order chi connectivity index (χ0) is 13.7. The zero-order valence-corrected chi connectivity index (χ0v) is 10.8. The van der Waals surface area contributed by atoms with Gasteiger partial charge in [-0.3, -0.25) is 9.59 Å². The Balaban J connectivity index is 1.90. The van der Waals surface area contributed by atoms with Crippen molar-refractivity contribution in [3.8, 4) is 0 Å². The average Bonchev–Trinajstić information content (AvgIpc) is 3.21. The summed E-state index contributed by atoms with van der Waals surface area (Å²) in [6.45, 7) is 0.505. The van der Waals surface area contributed by atoms with Crippen molar-refractivity contribution in [2.45, 2.75) is 25.7 Å². The van der Waals surface area contributed by atoms with E-state index in [0.717, 1.165) is 12.8 Å². The average molecular weight is 261 g/mol. The Labute approximate surface area is 112 Å². The Morgan fingerprint density at radius 1 is 1.21 bits per heavy atom. The molecule has 0 spiro atoms. The van der Waals surface area contributed by atoms with Crippen LogP contribution < -0.4 is 16.4 Å². The van der Waals surface area contributed by atoms with Gasteiger partial charge in [-0.2, -0.15) is 0 Å². The maximum Gasteiger partial charge on any atom is 0.227 e. The molecule has 0 unspecified atom stereocenters. The van der Waals surface area contributed by atoms with Crippen LogP contribution in [-0.2, 0) is 9.59 Å². The van der Waals surface area contributed by atoms with E-state index >= 15 is 0 Å². The number of hydrogen-bond acceptors (Lipinski definition) is 3. The van der Waals surface area contributed by atoms with Crippen LogP contribution in [0.5, 0.6) is 0 Å². The van der Waals surface area contributed by atoms with Crippen molar-refractivity contribution in [2.75, 3.05) is 17.2 Å². The summed E-state index contributed by atoms with van der Waals surface area (Å²) in [5, 5.41) is 5.64. The standard InChI is InChI=1S/C14H19N3O2/c15-8-2-5-13(18)16-11-3-1-4-12(9-11)17-14(19)10-6-7-10/h1,3-4,9-10H,2,5-8,15H2,(H,16,18)(H,17,19). The lowest BCUT2D eigenvalue weighted by atomic mass is 10.2. The van der Waals surface area contributed by atoms with E-state index in [0.29, 0.717) is 30.8 Å². The fourth-order valence-corrected chi connectivity index (χ4v) is 1.75. The molecule has 1 aromatic rings. The fourth-order valence-electron chi connectivity index (χ4n) is 1.75. The van der Waals surface area contributed by atoms with Crippen LogP contribution in [0.25, 0.3) is 0 Å². The van der Waals surface area contributed by atoms with Gasteiger partial charge in [0.15, 0.2) is 0 Å². The Bertz CT molecular complexity index is 470. The van der Waals surface area contributed by atoms with Gasteiger partial charge in [-0.25, -0.2) is 0 Å². The third-order valence-corrected chi connectivity index (χ3v) is 2.97. The number of hydrogen-bond donors (Lipinski definition) is 3. The highest BCUT2D eigenvalue weighted by Crippen LogP contribution is 2.30. The quantitative estimate of drug-likeness (QED) is 0.729. The van der Waals surface area contributed by atoms with Crippen LogP contribution in [0.1, 0.15) is 25.7 Å². The highest BCUT2D eigenvalue weighted by atomic mass is 16.2. The van der Waals surface area contributed by atoms with Gasteiger partial charge in [0.1, 0.15) is 0 Å². The molecule has 2 rings (SSSR count). The summed E-state index contributed by atoms with van der Waals surface area (Å²) in [6.07, 6.45) is 3.03. The van der Waals surface area contributed by atoms with Crippen LogP contribution in [0.15, 0.2) is 24.3 Å². The van der Waals surface area contributed by atoms with Gasteiger partial charge in [-0.15, -0.1) is 0 Å². The molecule has 5 nitrogen and oxygen atoms in total. The van der Waals surface area contributed by atoms with E-state index in [1.807, 2.05) is 6.07 Å². The minimum absolute atomic E-state index is 0.0591. The molecule has 1 aromatic carbocycles. The number of amides is 2. The summed E-state index contributed by atoms with van der Waals surface area (Å²) in [6, 6.07) is 7.19. The van der Waals surface area contributed by atoms with Gasteiger partial charge in [0.2, 0.25) is 11.8 Å². The SMILES string of the molecule is NCCCC(=O)Nc1cccc(NC(=O)C2CC2)c1. The van der Waals surface area contributed by atoms with Crippen molar-refractivity contribution in [1.29, 1.82) is 0 Å². The molecule has 0 atom stereocenters. The summed E-state index contributed by atoms with van der Waals surface area (Å²) < 4.78 is 0. The smallest absolute Gasteiger partial charge is 0.227 e. The predicted octanol–water partition coefficient (Wildman–Crippen LogP) is 1.71. The molecule has 1 aliphatic rings. The lowest BCUT2D eigenvalue weighted by molar-refractivity contribution is -0.117. The molecular formula is C14H19N3O2. The number of nitrogens with two attached hydrogens (primary N) is 1. The van der Waals surface area contributed by atoms with E-state index in [2.05, 4.69) is 10.6 Å². The first-order valence-electron chi connectivity index (χ1n) is 6.60. The largest absolute Gasteiger partial charge is 0.330 e. The number of carbonyl (C=O) groups excluding carboxylic acids is 2. The van der Waals surface area contributed by atoms with Crippen LogP contribution in [0.2, 0.25) is 0 Å². The van der Waals surface area contributed by atoms with Gasteiger partial charge in [0.25, 0.3) is 0 Å². The monoisotopic (exact) mass is 261 g/mol. The van der Waals surface area contributed by atoms with Crippen LogP contribution >= 0.6 is 0 Å². The highest BCUT2D eigenvalue weighted by molar-refractivity contribution is 5.95. The molecule has 0 aliphatic heterocycles. The molecule has 0 heterocycles. The topological polar surface area (TPSA) is 84.2 Å². The minimum Gasteiger partial charge on any atom is -0.330 e. The highest BCUT2D eigenvalue weighted by Gasteiger charge is 2.29. The molecule has 1 fully saturated rings. The van der Waals surface area contributed by atoms with Gasteiger partial charge in [-0.1, -0.05) is 6.07 Å². The molecule has 1 aliphatic carbocycles. The van der Waals surface area contributed by atoms with Crippen LogP contribution in [0.3, 0.4) is 0 Å². The van der Waals surface area contributed by atoms with Gasteiger partial charge < -0.3 is 16.4 Å². The Morgan fingerprint density at radius 2 is 1.89 bits per heavy atom. The molecule has 2 amide bonds. The molecule has 0 aromatic heterocycles. The summed E-state index contributed by atoms with van der Waals surface area (Å²) >= 11 is 0. The van der Waals surface area contributed by atoms with Crippen molar-refractivity contribution >= 4 is 23.2 Å². The van der Waals surface area contributed by atoms with Gasteiger partial charge >= 0.3 is 0 Å². The van der Waals surface area contributed by atoms with Gasteiger partial charge in [-0.05, 0) is 44.0 Å². The molecule has 19 heavy (non-hydrogen) atoms. The number of nitrogens with one attached hydrogen (secondary N) is 2.